The fourth-order valence-electron chi connectivity index (χ4n) is 7.69. The first kappa shape index (κ1) is 51.4. The number of sulfone groups is 2. The maximum atomic E-state index is 13.9. The maximum Gasteiger partial charge on any atom is 0.417 e. The number of H-pyrrole nitrogens is 1. The van der Waals surface area contributed by atoms with Crippen LogP contribution in [0.1, 0.15) is 21.6 Å². The predicted molar refractivity (Wildman–Crippen MR) is 264 cm³/mol. The molecule has 3 heterocycles. The van der Waals surface area contributed by atoms with Crippen molar-refractivity contribution in [1.82, 2.24) is 39.3 Å². The summed E-state index contributed by atoms with van der Waals surface area (Å²) in [5.41, 5.74) is 3.84. The highest BCUT2D eigenvalue weighted by molar-refractivity contribution is 7.91. The summed E-state index contributed by atoms with van der Waals surface area (Å²) in [6.07, 6.45) is -4.08. The minimum absolute atomic E-state index is 0.0775. The number of rotatable bonds is 10. The van der Waals surface area contributed by atoms with Gasteiger partial charge in [-0.05, 0) is 95.1 Å². The lowest BCUT2D eigenvalue weighted by Gasteiger charge is -2.14. The van der Waals surface area contributed by atoms with E-state index in [2.05, 4.69) is 20.2 Å². The van der Waals surface area contributed by atoms with Crippen molar-refractivity contribution in [2.75, 3.05) is 12.5 Å². The fourth-order valence-corrected chi connectivity index (χ4v) is 9.16. The van der Waals surface area contributed by atoms with Crippen LogP contribution in [0.5, 0.6) is 0 Å². The zero-order valence-corrected chi connectivity index (χ0v) is 40.8. The number of hydrogen-bond acceptors (Lipinski definition) is 10. The number of carbonyl (C=O) groups excluding carboxylic acids is 1. The van der Waals surface area contributed by atoms with Gasteiger partial charge in [0.1, 0.15) is 23.0 Å². The largest absolute Gasteiger partial charge is 0.417 e. The summed E-state index contributed by atoms with van der Waals surface area (Å²) < 4.78 is 135. The molecular formula is C50H39F6N9O5S3. The number of alkyl halides is 6. The molecule has 0 fully saturated rings. The van der Waals surface area contributed by atoms with Gasteiger partial charge in [-0.2, -0.15) is 31.4 Å². The summed E-state index contributed by atoms with van der Waals surface area (Å²) in [5, 5.41) is 6.84. The van der Waals surface area contributed by atoms with Crippen molar-refractivity contribution >= 4 is 37.8 Å². The van der Waals surface area contributed by atoms with Crippen molar-refractivity contribution in [2.24, 2.45) is 12.9 Å². The van der Waals surface area contributed by atoms with E-state index in [1.807, 2.05) is 5.43 Å². The van der Waals surface area contributed by atoms with E-state index in [0.29, 0.717) is 44.4 Å². The summed E-state index contributed by atoms with van der Waals surface area (Å²) in [7, 11) is -5.10. The second-order valence-corrected chi connectivity index (χ2v) is 20.7. The highest BCUT2D eigenvalue weighted by atomic mass is 32.2. The molecule has 0 aliphatic rings. The quantitative estimate of drug-likeness (QED) is 0.0390. The highest BCUT2D eigenvalue weighted by Gasteiger charge is 2.36. The van der Waals surface area contributed by atoms with Gasteiger partial charge in [0.15, 0.2) is 30.3 Å². The molecule has 0 aliphatic heterocycles. The van der Waals surface area contributed by atoms with Gasteiger partial charge >= 0.3 is 12.4 Å². The van der Waals surface area contributed by atoms with Crippen molar-refractivity contribution < 1.29 is 48.0 Å². The highest BCUT2D eigenvalue weighted by Crippen LogP contribution is 2.40. The molecule has 14 nitrogen and oxygen atoms in total. The molecular weight excluding hydrogens is 1020 g/mol. The Hall–Kier alpha value is -7.99. The Bertz CT molecular complexity index is 3830. The van der Waals surface area contributed by atoms with Gasteiger partial charge < -0.3 is 4.57 Å². The second-order valence-electron chi connectivity index (χ2n) is 16.3. The molecule has 23 heteroatoms. The van der Waals surface area contributed by atoms with Crippen LogP contribution in [-0.2, 0) is 39.1 Å². The number of nitrogens with zero attached hydrogens (tertiary/aromatic N) is 6. The Morgan fingerprint density at radius 1 is 0.589 bits per heavy atom. The molecule has 0 bridgehead atoms. The number of carbonyl (C=O) groups is 1. The Morgan fingerprint density at radius 3 is 1.44 bits per heavy atom. The number of hydrazine groups is 1. The molecule has 0 unspecified atom stereocenters. The summed E-state index contributed by atoms with van der Waals surface area (Å²) in [6, 6.07) is 36.8. The van der Waals surface area contributed by atoms with E-state index >= 15 is 0 Å². The normalized spacial score (nSPS) is 12.0. The first-order valence-electron chi connectivity index (χ1n) is 21.4. The molecule has 73 heavy (non-hydrogen) atoms. The molecule has 0 spiro atoms. The third-order valence-electron chi connectivity index (χ3n) is 11.3. The van der Waals surface area contributed by atoms with Crippen molar-refractivity contribution in [2.45, 2.75) is 22.1 Å². The number of hydrogen-bond donors (Lipinski definition) is 3. The standard InChI is InChI=1S/C26H20F3N5O2S2.C24H19F3N4O3S/c1-33-24(31-32-25(33)37)22-15-34(23(30-22)20-8-3-4-9-21(20)26(27,28)29)18-12-10-16(11-13-18)17-6-5-7-19(14-17)38(2,35)36;1-35(33,34)18-6-4-5-16(13-18)15-9-11-17(12-10-15)31-14-21(23(32)30-28)29-22(31)19-7-2-3-8-20(19)24(25,26)27/h3-15H,1-2H3,(H,32,37);2-14H,28H2,1H3,(H,30,32). The second kappa shape index (κ2) is 19.9. The zero-order chi connectivity index (χ0) is 52.6. The van der Waals surface area contributed by atoms with Crippen LogP contribution < -0.4 is 11.3 Å². The van der Waals surface area contributed by atoms with Crippen molar-refractivity contribution in [3.05, 3.63) is 180 Å². The Morgan fingerprint density at radius 2 is 1.03 bits per heavy atom. The molecule has 0 saturated carbocycles. The minimum atomic E-state index is -4.64. The zero-order valence-electron chi connectivity index (χ0n) is 38.3. The van der Waals surface area contributed by atoms with Gasteiger partial charge in [-0.15, -0.1) is 0 Å². The van der Waals surface area contributed by atoms with E-state index in [1.54, 1.807) is 101 Å². The monoisotopic (exact) mass is 1060 g/mol. The van der Waals surface area contributed by atoms with Gasteiger partial charge in [0.2, 0.25) is 0 Å². The molecule has 0 radical (unpaired) electrons. The summed E-state index contributed by atoms with van der Waals surface area (Å²) >= 11 is 5.19. The molecule has 0 saturated heterocycles. The summed E-state index contributed by atoms with van der Waals surface area (Å²) in [6.45, 7) is 0. The number of aromatic nitrogens is 7. The fraction of sp³-hybridized carbons (Fsp3) is 0.100. The topological polar surface area (TPSA) is 193 Å². The van der Waals surface area contributed by atoms with Crippen LogP contribution >= 0.6 is 12.2 Å². The van der Waals surface area contributed by atoms with Crippen LogP contribution in [0.4, 0.5) is 26.3 Å². The number of amides is 1. The van der Waals surface area contributed by atoms with Crippen molar-refractivity contribution in [1.29, 1.82) is 0 Å². The number of halogens is 6. The summed E-state index contributed by atoms with van der Waals surface area (Å²) in [5.74, 6) is 4.79. The Kier molecular flexibility index (Phi) is 14.0. The number of imidazole rings is 2. The molecule has 374 valence electrons. The van der Waals surface area contributed by atoms with Gasteiger partial charge in [-0.1, -0.05) is 84.9 Å². The van der Waals surface area contributed by atoms with Crippen LogP contribution in [-0.4, -0.2) is 69.1 Å². The van der Waals surface area contributed by atoms with Crippen molar-refractivity contribution in [3.8, 4) is 67.9 Å². The van der Waals surface area contributed by atoms with Gasteiger partial charge in [-0.25, -0.2) is 32.6 Å². The van der Waals surface area contributed by atoms with E-state index in [9.17, 15) is 48.0 Å². The maximum absolute atomic E-state index is 13.9. The smallest absolute Gasteiger partial charge is 0.302 e. The van der Waals surface area contributed by atoms with Crippen LogP contribution in [0.3, 0.4) is 0 Å². The van der Waals surface area contributed by atoms with Gasteiger partial charge in [0.25, 0.3) is 5.91 Å². The van der Waals surface area contributed by atoms with Gasteiger partial charge in [-0.3, -0.25) is 24.5 Å². The Labute approximate surface area is 418 Å². The van der Waals surface area contributed by atoms with Crippen LogP contribution in [0, 0.1) is 4.77 Å². The molecule has 0 atom stereocenters. The van der Waals surface area contributed by atoms with Crippen LogP contribution in [0.25, 0.3) is 67.9 Å². The summed E-state index contributed by atoms with van der Waals surface area (Å²) in [4.78, 5) is 21.1. The number of nitrogens with one attached hydrogen (secondary N) is 2. The van der Waals surface area contributed by atoms with E-state index in [4.69, 9.17) is 18.1 Å². The van der Waals surface area contributed by atoms with E-state index < -0.39 is 49.1 Å². The number of benzene rings is 6. The van der Waals surface area contributed by atoms with Crippen LogP contribution in [0.2, 0.25) is 0 Å². The van der Waals surface area contributed by atoms with Crippen LogP contribution in [0.15, 0.2) is 168 Å². The third kappa shape index (κ3) is 11.1. The predicted octanol–water partition coefficient (Wildman–Crippen LogP) is 10.3. The molecule has 6 aromatic carbocycles. The minimum Gasteiger partial charge on any atom is -0.302 e. The molecule has 3 aromatic heterocycles. The average Bonchev–Trinajstić information content (AvgIpc) is 4.10. The molecule has 0 aliphatic carbocycles. The lowest BCUT2D eigenvalue weighted by molar-refractivity contribution is -0.137. The van der Waals surface area contributed by atoms with Gasteiger partial charge in [0, 0.05) is 54.5 Å². The Balaban J connectivity index is 0.000000196. The molecule has 4 N–H and O–H groups in total. The third-order valence-corrected chi connectivity index (χ3v) is 13.9. The average molecular weight is 1060 g/mol. The number of aromatic amines is 1. The number of nitrogens with two attached hydrogens (primary N) is 1. The molecule has 9 aromatic rings. The lowest BCUT2D eigenvalue weighted by atomic mass is 10.0. The van der Waals surface area contributed by atoms with Gasteiger partial charge in [0.05, 0.1) is 20.9 Å². The number of nitrogen functional groups attached to an aromatic ring is 1. The lowest BCUT2D eigenvalue weighted by Crippen LogP contribution is -2.30. The first-order valence-corrected chi connectivity index (χ1v) is 25.6. The molecule has 9 rings (SSSR count). The SMILES string of the molecule is CS(=O)(=O)c1cccc(-c2ccc(-n3cc(C(=O)NN)nc3-c3ccccc3C(F)(F)F)cc2)c1.Cn1c(-c2cn(-c3ccc(-c4cccc(S(C)(=O)=O)c4)cc3)c(-c3ccccc3C(F)(F)F)n2)n[nH]c1=S. The van der Waals surface area contributed by atoms with E-state index in [-0.39, 0.29) is 38.3 Å². The van der Waals surface area contributed by atoms with E-state index in [1.165, 1.54) is 65.4 Å². The van der Waals surface area contributed by atoms with Crippen molar-refractivity contribution in [3.63, 3.8) is 0 Å². The first-order chi connectivity index (χ1) is 34.4. The molecule has 1 amide bonds. The van der Waals surface area contributed by atoms with E-state index in [0.717, 1.165) is 30.2 Å².